The predicted octanol–water partition coefficient (Wildman–Crippen LogP) is 1.51. The molecular weight excluding hydrogens is 192 g/mol. The van der Waals surface area contributed by atoms with Gasteiger partial charge in [0.05, 0.1) is 24.3 Å². The van der Waals surface area contributed by atoms with E-state index in [-0.39, 0.29) is 0 Å². The average molecular weight is 200 g/mol. The van der Waals surface area contributed by atoms with Crippen molar-refractivity contribution in [2.45, 2.75) is 0 Å². The Kier molecular flexibility index (Phi) is 1.58. The van der Waals surface area contributed by atoms with Crippen molar-refractivity contribution in [3.8, 4) is 5.75 Å². The van der Waals surface area contributed by atoms with Crippen molar-refractivity contribution in [3.05, 3.63) is 24.4 Å². The number of nitrogens with zero attached hydrogens (tertiary/aromatic N) is 3. The highest BCUT2D eigenvalue weighted by Crippen LogP contribution is 2.23. The monoisotopic (exact) mass is 200 g/mol. The lowest BCUT2D eigenvalue weighted by Gasteiger charge is -2.01. The topological polar surface area (TPSA) is 63.7 Å². The third-order valence-corrected chi connectivity index (χ3v) is 2.36. The van der Waals surface area contributed by atoms with Crippen molar-refractivity contribution >= 4 is 21.9 Å². The fourth-order valence-corrected chi connectivity index (χ4v) is 1.59. The number of aromatic nitrogens is 4. The molecule has 1 N–H and O–H groups in total. The third-order valence-electron chi connectivity index (χ3n) is 2.36. The van der Waals surface area contributed by atoms with E-state index in [9.17, 15) is 0 Å². The van der Waals surface area contributed by atoms with Gasteiger partial charge in [0, 0.05) is 11.5 Å². The summed E-state index contributed by atoms with van der Waals surface area (Å²) in [4.78, 5) is 0. The van der Waals surface area contributed by atoms with Gasteiger partial charge in [0.2, 0.25) is 0 Å². The Hall–Kier alpha value is -2.17. The second-order valence-electron chi connectivity index (χ2n) is 3.21. The van der Waals surface area contributed by atoms with Crippen LogP contribution in [0.1, 0.15) is 0 Å². The zero-order chi connectivity index (χ0) is 10.3. The van der Waals surface area contributed by atoms with Gasteiger partial charge < -0.3 is 4.74 Å². The number of hydrogen-bond donors (Lipinski definition) is 1. The average Bonchev–Trinajstić information content (AvgIpc) is 2.76. The fourth-order valence-electron chi connectivity index (χ4n) is 1.59. The maximum atomic E-state index is 5.12. The molecule has 0 unspecified atom stereocenters. The lowest BCUT2D eigenvalue weighted by atomic mass is 10.2. The summed E-state index contributed by atoms with van der Waals surface area (Å²) in [5.41, 5.74) is 2.47. The first-order chi connectivity index (χ1) is 7.38. The molecule has 0 atom stereocenters. The van der Waals surface area contributed by atoms with E-state index in [2.05, 4.69) is 20.4 Å². The highest BCUT2D eigenvalue weighted by Gasteiger charge is 2.05. The maximum Gasteiger partial charge on any atom is 0.131 e. The predicted molar refractivity (Wildman–Crippen MR) is 55.7 cm³/mol. The first kappa shape index (κ1) is 8.16. The highest BCUT2D eigenvalue weighted by atomic mass is 16.5. The molecule has 15 heavy (non-hydrogen) atoms. The van der Waals surface area contributed by atoms with Gasteiger partial charge in [0.15, 0.2) is 0 Å². The maximum absolute atomic E-state index is 5.12. The van der Waals surface area contributed by atoms with Crippen LogP contribution in [0.25, 0.3) is 21.9 Å². The van der Waals surface area contributed by atoms with Gasteiger partial charge in [-0.1, -0.05) is 0 Å². The minimum atomic E-state index is 0.771. The quantitative estimate of drug-likeness (QED) is 0.646. The Bertz CT molecular complexity index is 631. The lowest BCUT2D eigenvalue weighted by molar-refractivity contribution is 0.415. The Labute approximate surface area is 85.1 Å². The number of aromatic amines is 1. The van der Waals surface area contributed by atoms with E-state index < -0.39 is 0 Å². The number of H-pyrrole nitrogens is 1. The zero-order valence-corrected chi connectivity index (χ0v) is 8.06. The molecule has 2 heterocycles. The van der Waals surface area contributed by atoms with Crippen molar-refractivity contribution in [2.24, 2.45) is 0 Å². The molecule has 2 aromatic heterocycles. The van der Waals surface area contributed by atoms with Crippen molar-refractivity contribution in [1.82, 2.24) is 20.4 Å². The van der Waals surface area contributed by atoms with E-state index in [0.717, 1.165) is 27.7 Å². The van der Waals surface area contributed by atoms with Crippen LogP contribution in [0.15, 0.2) is 24.4 Å². The largest absolute Gasteiger partial charge is 0.497 e. The molecule has 5 heteroatoms. The molecule has 0 aliphatic rings. The smallest absolute Gasteiger partial charge is 0.131 e. The van der Waals surface area contributed by atoms with Gasteiger partial charge in [0.1, 0.15) is 11.3 Å². The van der Waals surface area contributed by atoms with Gasteiger partial charge in [0.25, 0.3) is 0 Å². The normalized spacial score (nSPS) is 11.0. The molecule has 0 amide bonds. The number of hydrogen-bond acceptors (Lipinski definition) is 4. The van der Waals surface area contributed by atoms with E-state index in [4.69, 9.17) is 4.74 Å². The van der Waals surface area contributed by atoms with E-state index in [1.165, 1.54) is 0 Å². The van der Waals surface area contributed by atoms with Crippen LogP contribution in [0.5, 0.6) is 5.75 Å². The van der Waals surface area contributed by atoms with Gasteiger partial charge in [-0.05, 0) is 12.1 Å². The third kappa shape index (κ3) is 1.13. The van der Waals surface area contributed by atoms with Crippen molar-refractivity contribution in [3.63, 3.8) is 0 Å². The van der Waals surface area contributed by atoms with Gasteiger partial charge in [-0.3, -0.25) is 5.10 Å². The van der Waals surface area contributed by atoms with Crippen LogP contribution in [-0.4, -0.2) is 27.5 Å². The first-order valence-corrected chi connectivity index (χ1v) is 4.52. The summed E-state index contributed by atoms with van der Waals surface area (Å²) in [6, 6.07) is 5.69. The summed E-state index contributed by atoms with van der Waals surface area (Å²) in [6.07, 6.45) is 1.66. The van der Waals surface area contributed by atoms with Crippen molar-refractivity contribution in [2.75, 3.05) is 7.11 Å². The van der Waals surface area contributed by atoms with Gasteiger partial charge >= 0.3 is 0 Å². The standard InChI is InChI=1S/C10H8N4O/c1-15-6-2-3-7-8(4-6)12-13-9-5-11-14-10(7)9/h2-5H,1H3,(H,11,14). The Morgan fingerprint density at radius 2 is 2.07 bits per heavy atom. The molecule has 0 saturated carbocycles. The van der Waals surface area contributed by atoms with E-state index >= 15 is 0 Å². The Morgan fingerprint density at radius 3 is 2.93 bits per heavy atom. The summed E-state index contributed by atoms with van der Waals surface area (Å²) in [5.74, 6) is 0.774. The highest BCUT2D eigenvalue weighted by molar-refractivity contribution is 6.01. The van der Waals surface area contributed by atoms with Crippen LogP contribution < -0.4 is 4.74 Å². The second-order valence-corrected chi connectivity index (χ2v) is 3.21. The number of nitrogens with one attached hydrogen (secondary N) is 1. The molecule has 0 bridgehead atoms. The van der Waals surface area contributed by atoms with Crippen molar-refractivity contribution < 1.29 is 4.74 Å². The van der Waals surface area contributed by atoms with Crippen LogP contribution in [0.2, 0.25) is 0 Å². The second kappa shape index (κ2) is 2.91. The van der Waals surface area contributed by atoms with Gasteiger partial charge in [-0.15, -0.1) is 10.2 Å². The number of ether oxygens (including phenoxy) is 1. The van der Waals surface area contributed by atoms with Crippen LogP contribution >= 0.6 is 0 Å². The first-order valence-electron chi connectivity index (χ1n) is 4.52. The van der Waals surface area contributed by atoms with E-state index in [1.54, 1.807) is 13.3 Å². The Balaban J connectivity index is 2.44. The summed E-state index contributed by atoms with van der Waals surface area (Å²) >= 11 is 0. The molecule has 5 nitrogen and oxygen atoms in total. The molecule has 0 fully saturated rings. The van der Waals surface area contributed by atoms with E-state index in [1.807, 2.05) is 18.2 Å². The van der Waals surface area contributed by atoms with Crippen LogP contribution in [0, 0.1) is 0 Å². The number of benzene rings is 1. The van der Waals surface area contributed by atoms with Crippen LogP contribution in [0.3, 0.4) is 0 Å². The molecule has 0 radical (unpaired) electrons. The molecule has 1 aromatic carbocycles. The van der Waals surface area contributed by atoms with Gasteiger partial charge in [-0.2, -0.15) is 5.10 Å². The molecule has 0 saturated heterocycles. The fraction of sp³-hybridized carbons (Fsp3) is 0.100. The molecular formula is C10H8N4O. The van der Waals surface area contributed by atoms with Crippen LogP contribution in [-0.2, 0) is 0 Å². The lowest BCUT2D eigenvalue weighted by Crippen LogP contribution is -1.88. The van der Waals surface area contributed by atoms with E-state index in [0.29, 0.717) is 0 Å². The SMILES string of the molecule is COc1ccc2c(c1)nnc1cn[nH]c12. The van der Waals surface area contributed by atoms with Crippen molar-refractivity contribution in [1.29, 1.82) is 0 Å². The molecule has 0 spiro atoms. The van der Waals surface area contributed by atoms with Crippen LogP contribution in [0.4, 0.5) is 0 Å². The summed E-state index contributed by atoms with van der Waals surface area (Å²) in [7, 11) is 1.63. The molecule has 74 valence electrons. The summed E-state index contributed by atoms with van der Waals surface area (Å²) < 4.78 is 5.12. The number of fused-ring (bicyclic) bond motifs is 3. The Morgan fingerprint density at radius 1 is 1.20 bits per heavy atom. The number of methoxy groups -OCH3 is 1. The minimum absolute atomic E-state index is 0.771. The molecule has 0 aliphatic carbocycles. The molecule has 3 aromatic rings. The zero-order valence-electron chi connectivity index (χ0n) is 8.06. The number of rotatable bonds is 1. The molecule has 0 aliphatic heterocycles. The van der Waals surface area contributed by atoms with Gasteiger partial charge in [-0.25, -0.2) is 0 Å². The minimum Gasteiger partial charge on any atom is -0.497 e. The molecule has 3 rings (SSSR count). The summed E-state index contributed by atoms with van der Waals surface area (Å²) in [6.45, 7) is 0. The summed E-state index contributed by atoms with van der Waals surface area (Å²) in [5, 5.41) is 16.0.